The van der Waals surface area contributed by atoms with E-state index >= 15 is 0 Å². The first-order valence-corrected chi connectivity index (χ1v) is 10.7. The molecule has 8 nitrogen and oxygen atoms in total. The van der Waals surface area contributed by atoms with Crippen molar-refractivity contribution < 1.29 is 29.0 Å². The van der Waals surface area contributed by atoms with Gasteiger partial charge in [0.05, 0.1) is 4.91 Å². The molecule has 3 rings (SSSR count). The van der Waals surface area contributed by atoms with E-state index in [-0.39, 0.29) is 11.5 Å². The average molecular weight is 526 g/mol. The maximum Gasteiger partial charge on any atom is 0.323 e. The van der Waals surface area contributed by atoms with E-state index in [9.17, 15) is 19.2 Å². The van der Waals surface area contributed by atoms with Crippen molar-refractivity contribution in [3.8, 4) is 5.75 Å². The smallest absolute Gasteiger partial charge is 0.323 e. The third-order valence-electron chi connectivity index (χ3n) is 3.91. The van der Waals surface area contributed by atoms with Crippen LogP contribution in [0.4, 0.5) is 10.5 Å². The van der Waals surface area contributed by atoms with Crippen LogP contribution in [0, 0.1) is 0 Å². The van der Waals surface area contributed by atoms with Crippen LogP contribution in [0.3, 0.4) is 0 Å². The molecule has 1 aliphatic heterocycles. The minimum absolute atomic E-state index is 0.0554. The van der Waals surface area contributed by atoms with Crippen LogP contribution in [0.2, 0.25) is 5.02 Å². The quantitative estimate of drug-likeness (QED) is 0.520. The molecule has 2 aromatic carbocycles. The Morgan fingerprint density at radius 1 is 1.19 bits per heavy atom. The maximum atomic E-state index is 12.4. The standard InChI is InChI=1S/C20H14BrClN2O6S/c21-12-1-6-15(30-10-17(25)23-14-4-2-13(22)3-5-14)11(7-12)8-16-19(28)24(9-18(26)27)20(29)31-16/h1-8H,9-10H2,(H,23,25)(H,26,27)/b16-8-. The minimum Gasteiger partial charge on any atom is -0.483 e. The zero-order valence-corrected chi connectivity index (χ0v) is 18.8. The van der Waals surface area contributed by atoms with Gasteiger partial charge < -0.3 is 15.2 Å². The van der Waals surface area contributed by atoms with E-state index < -0.39 is 29.6 Å². The van der Waals surface area contributed by atoms with Crippen molar-refractivity contribution in [1.82, 2.24) is 4.90 Å². The topological polar surface area (TPSA) is 113 Å². The van der Waals surface area contributed by atoms with Gasteiger partial charge in [-0.1, -0.05) is 27.5 Å². The van der Waals surface area contributed by atoms with Gasteiger partial charge in [0.15, 0.2) is 6.61 Å². The number of amides is 3. The number of imide groups is 1. The third-order valence-corrected chi connectivity index (χ3v) is 5.56. The first-order chi connectivity index (χ1) is 14.7. The molecule has 1 fully saturated rings. The lowest BCUT2D eigenvalue weighted by molar-refractivity contribution is -0.140. The molecule has 1 heterocycles. The lowest BCUT2D eigenvalue weighted by Crippen LogP contribution is -2.33. The lowest BCUT2D eigenvalue weighted by Gasteiger charge is -2.11. The van der Waals surface area contributed by atoms with E-state index in [1.807, 2.05) is 0 Å². The van der Waals surface area contributed by atoms with Gasteiger partial charge in [-0.2, -0.15) is 0 Å². The number of carboxylic acids is 1. The van der Waals surface area contributed by atoms with Crippen LogP contribution in [0.15, 0.2) is 51.8 Å². The Kier molecular flexibility index (Phi) is 7.37. The Bertz CT molecular complexity index is 1090. The largest absolute Gasteiger partial charge is 0.483 e. The molecule has 0 atom stereocenters. The summed E-state index contributed by atoms with van der Waals surface area (Å²) in [7, 11) is 0. The summed E-state index contributed by atoms with van der Waals surface area (Å²) in [6, 6.07) is 11.5. The van der Waals surface area contributed by atoms with Gasteiger partial charge in [0.1, 0.15) is 12.3 Å². The number of anilines is 1. The molecule has 1 aliphatic rings. The Balaban J connectivity index is 1.73. The number of thioether (sulfide) groups is 1. The van der Waals surface area contributed by atoms with Gasteiger partial charge >= 0.3 is 5.97 Å². The lowest BCUT2D eigenvalue weighted by atomic mass is 10.2. The number of hydrogen-bond donors (Lipinski definition) is 2. The van der Waals surface area contributed by atoms with Gasteiger partial charge in [-0.15, -0.1) is 0 Å². The summed E-state index contributed by atoms with van der Waals surface area (Å²) in [5.41, 5.74) is 0.996. The van der Waals surface area contributed by atoms with E-state index in [1.165, 1.54) is 6.08 Å². The highest BCUT2D eigenvalue weighted by Crippen LogP contribution is 2.34. The zero-order chi connectivity index (χ0) is 22.5. The Morgan fingerprint density at radius 2 is 1.90 bits per heavy atom. The van der Waals surface area contributed by atoms with Crippen molar-refractivity contribution >= 4 is 74.1 Å². The van der Waals surface area contributed by atoms with Crippen molar-refractivity contribution in [2.45, 2.75) is 0 Å². The number of carboxylic acid groups (broad SMARTS) is 1. The number of carbonyl (C=O) groups is 4. The maximum absolute atomic E-state index is 12.4. The van der Waals surface area contributed by atoms with Gasteiger partial charge in [0.2, 0.25) is 0 Å². The summed E-state index contributed by atoms with van der Waals surface area (Å²) in [6.07, 6.45) is 1.42. The molecule has 0 spiro atoms. The molecule has 2 aromatic rings. The van der Waals surface area contributed by atoms with Crippen molar-refractivity contribution in [3.05, 3.63) is 62.4 Å². The van der Waals surface area contributed by atoms with Crippen LogP contribution >= 0.6 is 39.3 Å². The summed E-state index contributed by atoms with van der Waals surface area (Å²) in [5, 5.41) is 11.4. The molecule has 0 unspecified atom stereocenters. The van der Waals surface area contributed by atoms with Gasteiger partial charge in [-0.05, 0) is 60.3 Å². The van der Waals surface area contributed by atoms with Crippen LogP contribution in [0.5, 0.6) is 5.75 Å². The van der Waals surface area contributed by atoms with E-state index in [2.05, 4.69) is 21.2 Å². The van der Waals surface area contributed by atoms with Crippen LogP contribution in [-0.2, 0) is 14.4 Å². The van der Waals surface area contributed by atoms with E-state index in [1.54, 1.807) is 42.5 Å². The minimum atomic E-state index is -1.29. The number of ether oxygens (including phenoxy) is 1. The molecule has 0 radical (unpaired) electrons. The molecule has 0 saturated carbocycles. The summed E-state index contributed by atoms with van der Waals surface area (Å²) < 4.78 is 6.28. The second-order valence-corrected chi connectivity index (χ2v) is 8.53. The Labute approximate surface area is 194 Å². The zero-order valence-electron chi connectivity index (χ0n) is 15.6. The van der Waals surface area contributed by atoms with Gasteiger partial charge in [-0.25, -0.2) is 0 Å². The average Bonchev–Trinajstić information content (AvgIpc) is 2.96. The molecular weight excluding hydrogens is 512 g/mol. The number of nitrogens with zero attached hydrogens (tertiary/aromatic N) is 1. The van der Waals surface area contributed by atoms with Crippen LogP contribution in [0.25, 0.3) is 6.08 Å². The molecule has 11 heteroatoms. The second-order valence-electron chi connectivity index (χ2n) is 6.19. The summed E-state index contributed by atoms with van der Waals surface area (Å²) >= 11 is 9.78. The van der Waals surface area contributed by atoms with Crippen LogP contribution in [-0.4, -0.2) is 46.2 Å². The van der Waals surface area contributed by atoms with E-state index in [4.69, 9.17) is 21.4 Å². The number of hydrogen-bond acceptors (Lipinski definition) is 6. The number of benzene rings is 2. The number of aliphatic carboxylic acids is 1. The highest BCUT2D eigenvalue weighted by atomic mass is 79.9. The van der Waals surface area contributed by atoms with Crippen LogP contribution in [0.1, 0.15) is 5.56 Å². The molecule has 2 N–H and O–H groups in total. The Morgan fingerprint density at radius 3 is 2.58 bits per heavy atom. The molecular formula is C20H14BrClN2O6S. The number of rotatable bonds is 7. The third kappa shape index (κ3) is 6.09. The molecule has 1 saturated heterocycles. The first kappa shape index (κ1) is 22.9. The predicted octanol–water partition coefficient (Wildman–Crippen LogP) is 4.24. The van der Waals surface area contributed by atoms with E-state index in [0.717, 1.165) is 0 Å². The predicted molar refractivity (Wildman–Crippen MR) is 120 cm³/mol. The summed E-state index contributed by atoms with van der Waals surface area (Å²) in [4.78, 5) is 48.1. The summed E-state index contributed by atoms with van der Waals surface area (Å²) in [6.45, 7) is -1.01. The molecule has 31 heavy (non-hydrogen) atoms. The molecule has 0 bridgehead atoms. The second kappa shape index (κ2) is 9.99. The fourth-order valence-corrected chi connectivity index (χ4v) is 3.88. The van der Waals surface area contributed by atoms with Crippen molar-refractivity contribution in [1.29, 1.82) is 0 Å². The SMILES string of the molecule is O=C(O)CN1C(=O)S/C(=C\c2cc(Br)ccc2OCC(=O)Nc2ccc(Cl)cc2)C1=O. The van der Waals surface area contributed by atoms with E-state index in [0.29, 0.717) is 43.2 Å². The molecule has 160 valence electrons. The summed E-state index contributed by atoms with van der Waals surface area (Å²) in [5.74, 6) is -2.09. The van der Waals surface area contributed by atoms with Gasteiger partial charge in [-0.3, -0.25) is 24.1 Å². The van der Waals surface area contributed by atoms with Crippen molar-refractivity contribution in [2.24, 2.45) is 0 Å². The number of carbonyl (C=O) groups excluding carboxylic acids is 3. The fraction of sp³-hybridized carbons (Fsp3) is 0.100. The molecule has 0 aliphatic carbocycles. The van der Waals surface area contributed by atoms with Gasteiger partial charge in [0.25, 0.3) is 17.1 Å². The highest BCUT2D eigenvalue weighted by Gasteiger charge is 2.36. The normalized spacial score (nSPS) is 14.8. The molecule has 0 aromatic heterocycles. The highest BCUT2D eigenvalue weighted by molar-refractivity contribution is 9.10. The monoisotopic (exact) mass is 524 g/mol. The molecule has 3 amide bonds. The van der Waals surface area contributed by atoms with Crippen LogP contribution < -0.4 is 10.1 Å². The Hall–Kier alpha value is -2.82. The fourth-order valence-electron chi connectivity index (χ4n) is 2.55. The number of nitrogens with one attached hydrogen (secondary N) is 1. The van der Waals surface area contributed by atoms with Crippen molar-refractivity contribution in [2.75, 3.05) is 18.5 Å². The van der Waals surface area contributed by atoms with Crippen molar-refractivity contribution in [3.63, 3.8) is 0 Å². The first-order valence-electron chi connectivity index (χ1n) is 8.68. The van der Waals surface area contributed by atoms with Gasteiger partial charge in [0, 0.05) is 20.7 Å². The number of halogens is 2.